The van der Waals surface area contributed by atoms with Gasteiger partial charge in [0.1, 0.15) is 18.2 Å². The number of carbonyl (C=O) groups is 2. The van der Waals surface area contributed by atoms with Crippen molar-refractivity contribution in [3.05, 3.63) is 29.3 Å². The smallest absolute Gasteiger partial charge is 0.341 e. The maximum atomic E-state index is 13.4. The number of nitrogen functional groups attached to an aromatic ring is 1. The van der Waals surface area contributed by atoms with Crippen molar-refractivity contribution in [2.45, 2.75) is 25.3 Å². The number of benzene rings is 1. The van der Waals surface area contributed by atoms with Crippen LogP contribution in [0.25, 0.3) is 0 Å². The summed E-state index contributed by atoms with van der Waals surface area (Å²) >= 11 is 0. The molecule has 1 aromatic carbocycles. The van der Waals surface area contributed by atoms with Crippen molar-refractivity contribution in [3.63, 3.8) is 0 Å². The van der Waals surface area contributed by atoms with E-state index in [4.69, 9.17) is 10.5 Å². The lowest BCUT2D eigenvalue weighted by Gasteiger charge is -2.07. The predicted molar refractivity (Wildman–Crippen MR) is 66.8 cm³/mol. The van der Waals surface area contributed by atoms with E-state index in [0.717, 1.165) is 12.8 Å². The molecular formula is C13H14F2N2O3. The van der Waals surface area contributed by atoms with Gasteiger partial charge in [-0.3, -0.25) is 4.79 Å². The molecule has 0 aromatic heterocycles. The molecule has 5 nitrogen and oxygen atoms in total. The maximum Gasteiger partial charge on any atom is 0.341 e. The van der Waals surface area contributed by atoms with Crippen LogP contribution in [0.2, 0.25) is 0 Å². The largest absolute Gasteiger partial charge is 0.461 e. The average molecular weight is 284 g/mol. The van der Waals surface area contributed by atoms with Crippen molar-refractivity contribution in [1.82, 2.24) is 5.32 Å². The second-order valence-electron chi connectivity index (χ2n) is 4.58. The van der Waals surface area contributed by atoms with Crippen molar-refractivity contribution in [3.8, 4) is 0 Å². The van der Waals surface area contributed by atoms with Gasteiger partial charge in [-0.15, -0.1) is 0 Å². The molecule has 1 aromatic rings. The number of hydrogen-bond donors (Lipinski definition) is 2. The Morgan fingerprint density at radius 2 is 2.00 bits per heavy atom. The molecule has 1 aliphatic rings. The van der Waals surface area contributed by atoms with Crippen LogP contribution in [0.15, 0.2) is 12.1 Å². The predicted octanol–water partition coefficient (Wildman–Crippen LogP) is 1.37. The van der Waals surface area contributed by atoms with E-state index in [9.17, 15) is 18.4 Å². The molecule has 0 spiro atoms. The summed E-state index contributed by atoms with van der Waals surface area (Å²) in [7, 11) is 0. The molecule has 1 amide bonds. The summed E-state index contributed by atoms with van der Waals surface area (Å²) in [6.07, 6.45) is 1.91. The van der Waals surface area contributed by atoms with Gasteiger partial charge in [-0.25, -0.2) is 13.6 Å². The zero-order chi connectivity index (χ0) is 14.7. The molecule has 1 aliphatic carbocycles. The van der Waals surface area contributed by atoms with E-state index in [1.165, 1.54) is 0 Å². The van der Waals surface area contributed by atoms with Crippen LogP contribution in [0.3, 0.4) is 0 Å². The SMILES string of the molecule is Nc1cc(F)c(C(=O)OCCC(=O)NC2CC2)cc1F. The molecule has 1 fully saturated rings. The van der Waals surface area contributed by atoms with Gasteiger partial charge in [-0.05, 0) is 18.9 Å². The van der Waals surface area contributed by atoms with E-state index < -0.39 is 23.2 Å². The Hall–Kier alpha value is -2.18. The molecule has 0 aliphatic heterocycles. The summed E-state index contributed by atoms with van der Waals surface area (Å²) in [5.74, 6) is -3.12. The number of rotatable bonds is 5. The molecule has 2 rings (SSSR count). The van der Waals surface area contributed by atoms with E-state index in [1.54, 1.807) is 0 Å². The number of nitrogens with one attached hydrogen (secondary N) is 1. The Morgan fingerprint density at radius 3 is 2.65 bits per heavy atom. The minimum absolute atomic E-state index is 0.0126. The fraction of sp³-hybridized carbons (Fsp3) is 0.385. The molecule has 0 atom stereocenters. The van der Waals surface area contributed by atoms with Crippen molar-refractivity contribution in [1.29, 1.82) is 0 Å². The molecular weight excluding hydrogens is 270 g/mol. The molecule has 0 bridgehead atoms. The number of esters is 1. The van der Waals surface area contributed by atoms with Gasteiger partial charge in [0, 0.05) is 12.1 Å². The number of nitrogens with two attached hydrogens (primary N) is 1. The molecule has 0 saturated heterocycles. The number of halogens is 2. The van der Waals surface area contributed by atoms with Crippen LogP contribution in [-0.4, -0.2) is 24.5 Å². The Morgan fingerprint density at radius 1 is 1.30 bits per heavy atom. The first kappa shape index (κ1) is 14.2. The van der Waals surface area contributed by atoms with E-state index in [1.807, 2.05) is 0 Å². The third-order valence-corrected chi connectivity index (χ3v) is 2.81. The van der Waals surface area contributed by atoms with Crippen molar-refractivity contribution < 1.29 is 23.1 Å². The number of carbonyl (C=O) groups excluding carboxylic acids is 2. The van der Waals surface area contributed by atoms with Gasteiger partial charge >= 0.3 is 5.97 Å². The highest BCUT2D eigenvalue weighted by Crippen LogP contribution is 2.19. The van der Waals surface area contributed by atoms with Crippen LogP contribution in [0.1, 0.15) is 29.6 Å². The fourth-order valence-electron chi connectivity index (χ4n) is 1.56. The summed E-state index contributed by atoms with van der Waals surface area (Å²) in [5, 5.41) is 2.71. The zero-order valence-electron chi connectivity index (χ0n) is 10.6. The first-order valence-corrected chi connectivity index (χ1v) is 6.18. The molecule has 20 heavy (non-hydrogen) atoms. The van der Waals surface area contributed by atoms with Crippen LogP contribution >= 0.6 is 0 Å². The third kappa shape index (κ3) is 3.66. The van der Waals surface area contributed by atoms with E-state index in [2.05, 4.69) is 5.32 Å². The van der Waals surface area contributed by atoms with Gasteiger partial charge < -0.3 is 15.8 Å². The Bertz CT molecular complexity index is 545. The highest BCUT2D eigenvalue weighted by Gasteiger charge is 2.23. The Balaban J connectivity index is 1.85. The highest BCUT2D eigenvalue weighted by atomic mass is 19.1. The van der Waals surface area contributed by atoms with E-state index >= 15 is 0 Å². The van der Waals surface area contributed by atoms with Crippen LogP contribution in [0.5, 0.6) is 0 Å². The van der Waals surface area contributed by atoms with Gasteiger partial charge in [0.25, 0.3) is 0 Å². The van der Waals surface area contributed by atoms with Crippen LogP contribution in [0, 0.1) is 11.6 Å². The van der Waals surface area contributed by atoms with Crippen molar-refractivity contribution >= 4 is 17.6 Å². The van der Waals surface area contributed by atoms with Gasteiger partial charge in [-0.2, -0.15) is 0 Å². The maximum absolute atomic E-state index is 13.4. The van der Waals surface area contributed by atoms with Crippen molar-refractivity contribution in [2.24, 2.45) is 0 Å². The summed E-state index contributed by atoms with van der Waals surface area (Å²) in [4.78, 5) is 22.9. The molecule has 7 heteroatoms. The number of hydrogen-bond acceptors (Lipinski definition) is 4. The Kier molecular flexibility index (Phi) is 4.16. The van der Waals surface area contributed by atoms with E-state index in [-0.39, 0.29) is 30.7 Å². The topological polar surface area (TPSA) is 81.4 Å². The molecule has 0 heterocycles. The summed E-state index contributed by atoms with van der Waals surface area (Å²) in [6.45, 7) is -0.192. The Labute approximate surface area is 114 Å². The first-order valence-electron chi connectivity index (χ1n) is 6.18. The summed E-state index contributed by atoms with van der Waals surface area (Å²) in [6, 6.07) is 1.62. The van der Waals surface area contributed by atoms with Crippen molar-refractivity contribution in [2.75, 3.05) is 12.3 Å². The van der Waals surface area contributed by atoms with Crippen LogP contribution in [-0.2, 0) is 9.53 Å². The second kappa shape index (κ2) is 5.85. The van der Waals surface area contributed by atoms with Gasteiger partial charge in [0.05, 0.1) is 17.7 Å². The second-order valence-corrected chi connectivity index (χ2v) is 4.58. The normalized spacial score (nSPS) is 13.9. The molecule has 108 valence electrons. The zero-order valence-corrected chi connectivity index (χ0v) is 10.6. The molecule has 1 saturated carbocycles. The van der Waals surface area contributed by atoms with Crippen LogP contribution < -0.4 is 11.1 Å². The fourth-order valence-corrected chi connectivity index (χ4v) is 1.56. The van der Waals surface area contributed by atoms with Crippen LogP contribution in [0.4, 0.5) is 14.5 Å². The highest BCUT2D eigenvalue weighted by molar-refractivity contribution is 5.90. The standard InChI is InChI=1S/C13H14F2N2O3/c14-9-6-11(16)10(15)5-8(9)13(19)20-4-3-12(18)17-7-1-2-7/h5-7H,1-4,16H2,(H,17,18). The number of ether oxygens (including phenoxy) is 1. The summed E-state index contributed by atoms with van der Waals surface area (Å²) < 4.78 is 31.3. The third-order valence-electron chi connectivity index (χ3n) is 2.81. The quantitative estimate of drug-likeness (QED) is 0.632. The van der Waals surface area contributed by atoms with Gasteiger partial charge in [0.2, 0.25) is 5.91 Å². The minimum atomic E-state index is -1.03. The first-order chi connectivity index (χ1) is 9.47. The minimum Gasteiger partial charge on any atom is -0.461 e. The lowest BCUT2D eigenvalue weighted by Crippen LogP contribution is -2.26. The monoisotopic (exact) mass is 284 g/mol. The molecule has 3 N–H and O–H groups in total. The van der Waals surface area contributed by atoms with E-state index in [0.29, 0.717) is 12.1 Å². The average Bonchev–Trinajstić information content (AvgIpc) is 3.17. The number of anilines is 1. The van der Waals surface area contributed by atoms with Gasteiger partial charge in [-0.1, -0.05) is 0 Å². The number of amides is 1. The lowest BCUT2D eigenvalue weighted by atomic mass is 10.2. The summed E-state index contributed by atoms with van der Waals surface area (Å²) in [5.41, 5.74) is 4.23. The van der Waals surface area contributed by atoms with Gasteiger partial charge in [0.15, 0.2) is 0 Å². The lowest BCUT2D eigenvalue weighted by molar-refractivity contribution is -0.121. The molecule has 0 unspecified atom stereocenters. The molecule has 0 radical (unpaired) electrons.